The fourth-order valence-corrected chi connectivity index (χ4v) is 2.05. The van der Waals surface area contributed by atoms with Gasteiger partial charge in [-0.3, -0.25) is 4.90 Å². The number of nitrogens with zero attached hydrogens (tertiary/aromatic N) is 1. The lowest BCUT2D eigenvalue weighted by Crippen LogP contribution is -2.44. The smallest absolute Gasteiger partial charge is 0.0424 e. The van der Waals surface area contributed by atoms with Gasteiger partial charge in [0, 0.05) is 18.1 Å². The first-order chi connectivity index (χ1) is 8.77. The fraction of sp³-hybridized carbons (Fsp3) is 0.647. The molecule has 0 aromatic heterocycles. The molecule has 19 heavy (non-hydrogen) atoms. The first-order valence-corrected chi connectivity index (χ1v) is 7.34. The van der Waals surface area contributed by atoms with Crippen molar-refractivity contribution in [3.05, 3.63) is 35.4 Å². The maximum Gasteiger partial charge on any atom is 0.0424 e. The fourth-order valence-electron chi connectivity index (χ4n) is 2.05. The van der Waals surface area contributed by atoms with Gasteiger partial charge < -0.3 is 5.73 Å². The Balaban J connectivity index is 2.70. The van der Waals surface area contributed by atoms with Crippen LogP contribution in [0.25, 0.3) is 0 Å². The summed E-state index contributed by atoms with van der Waals surface area (Å²) in [6.07, 6.45) is 1.13. The van der Waals surface area contributed by atoms with Gasteiger partial charge in [0.2, 0.25) is 0 Å². The molecule has 0 aliphatic carbocycles. The molecular weight excluding hydrogens is 232 g/mol. The topological polar surface area (TPSA) is 29.3 Å². The third-order valence-electron chi connectivity index (χ3n) is 4.40. The molecule has 108 valence electrons. The maximum atomic E-state index is 6.33. The minimum atomic E-state index is 0.0806. The molecule has 0 saturated heterocycles. The van der Waals surface area contributed by atoms with Crippen molar-refractivity contribution in [1.82, 2.24) is 4.90 Å². The molecule has 0 spiro atoms. The van der Waals surface area contributed by atoms with Gasteiger partial charge in [0.05, 0.1) is 0 Å². The summed E-state index contributed by atoms with van der Waals surface area (Å²) in [4.78, 5) is 2.36. The van der Waals surface area contributed by atoms with Gasteiger partial charge in [0.25, 0.3) is 0 Å². The van der Waals surface area contributed by atoms with Crippen LogP contribution in [-0.4, -0.2) is 24.0 Å². The SMILES string of the molecule is CCC(C)(C)N(C)CC(N)c1ccc(C(C)C)cc1. The van der Waals surface area contributed by atoms with Crippen LogP contribution < -0.4 is 5.73 Å². The van der Waals surface area contributed by atoms with Crippen molar-refractivity contribution in [2.45, 2.75) is 58.5 Å². The Kier molecular flexibility index (Phi) is 5.57. The highest BCUT2D eigenvalue weighted by Gasteiger charge is 2.23. The Morgan fingerprint density at radius 3 is 2.00 bits per heavy atom. The molecule has 1 rings (SSSR count). The molecular formula is C17H30N2. The largest absolute Gasteiger partial charge is 0.323 e. The van der Waals surface area contributed by atoms with Crippen molar-refractivity contribution in [3.63, 3.8) is 0 Å². The number of benzene rings is 1. The summed E-state index contributed by atoms with van der Waals surface area (Å²) in [5, 5.41) is 0. The number of hydrogen-bond donors (Lipinski definition) is 1. The Labute approximate surface area is 119 Å². The molecule has 1 unspecified atom stereocenters. The Morgan fingerprint density at radius 1 is 1.11 bits per heavy atom. The summed E-state index contributed by atoms with van der Waals surface area (Å²) in [5.74, 6) is 0.576. The molecule has 0 radical (unpaired) electrons. The average Bonchev–Trinajstić information content (AvgIpc) is 2.38. The van der Waals surface area contributed by atoms with E-state index in [-0.39, 0.29) is 11.6 Å². The van der Waals surface area contributed by atoms with E-state index in [1.165, 1.54) is 11.1 Å². The van der Waals surface area contributed by atoms with E-state index < -0.39 is 0 Å². The Hall–Kier alpha value is -0.860. The van der Waals surface area contributed by atoms with E-state index in [2.05, 4.69) is 70.8 Å². The van der Waals surface area contributed by atoms with Gasteiger partial charge in [-0.05, 0) is 44.4 Å². The highest BCUT2D eigenvalue weighted by molar-refractivity contribution is 5.26. The highest BCUT2D eigenvalue weighted by atomic mass is 15.2. The van der Waals surface area contributed by atoms with Gasteiger partial charge in [-0.1, -0.05) is 45.0 Å². The summed E-state index contributed by atoms with van der Waals surface area (Å²) in [7, 11) is 2.16. The van der Waals surface area contributed by atoms with Gasteiger partial charge in [0.1, 0.15) is 0 Å². The lowest BCUT2D eigenvalue weighted by atomic mass is 9.96. The van der Waals surface area contributed by atoms with E-state index in [0.717, 1.165) is 13.0 Å². The molecule has 0 bridgehead atoms. The van der Waals surface area contributed by atoms with Gasteiger partial charge in [0.15, 0.2) is 0 Å². The molecule has 0 amide bonds. The third-order valence-corrected chi connectivity index (χ3v) is 4.40. The average molecular weight is 262 g/mol. The lowest BCUT2D eigenvalue weighted by Gasteiger charge is -2.36. The molecule has 0 aliphatic heterocycles. The van der Waals surface area contributed by atoms with Crippen LogP contribution in [0.3, 0.4) is 0 Å². The van der Waals surface area contributed by atoms with Crippen LogP contribution in [0, 0.1) is 0 Å². The summed E-state index contributed by atoms with van der Waals surface area (Å²) < 4.78 is 0. The summed E-state index contributed by atoms with van der Waals surface area (Å²) in [6.45, 7) is 12.1. The van der Waals surface area contributed by atoms with Gasteiger partial charge in [-0.25, -0.2) is 0 Å². The predicted octanol–water partition coefficient (Wildman–Crippen LogP) is 3.93. The monoisotopic (exact) mass is 262 g/mol. The zero-order valence-electron chi connectivity index (χ0n) is 13.4. The van der Waals surface area contributed by atoms with Crippen LogP contribution in [0.2, 0.25) is 0 Å². The van der Waals surface area contributed by atoms with E-state index in [4.69, 9.17) is 5.73 Å². The summed E-state index contributed by atoms with van der Waals surface area (Å²) >= 11 is 0. The van der Waals surface area contributed by atoms with Crippen LogP contribution in [-0.2, 0) is 0 Å². The number of hydrogen-bond acceptors (Lipinski definition) is 2. The molecule has 2 N–H and O–H groups in total. The second-order valence-corrected chi connectivity index (χ2v) is 6.47. The molecule has 2 heteroatoms. The molecule has 1 atom stereocenters. The van der Waals surface area contributed by atoms with Crippen molar-refractivity contribution < 1.29 is 0 Å². The first kappa shape index (κ1) is 16.2. The molecule has 0 heterocycles. The molecule has 0 fully saturated rings. The minimum Gasteiger partial charge on any atom is -0.323 e. The molecule has 1 aromatic carbocycles. The van der Waals surface area contributed by atoms with Crippen molar-refractivity contribution in [2.75, 3.05) is 13.6 Å². The predicted molar refractivity (Wildman–Crippen MR) is 84.5 cm³/mol. The second-order valence-electron chi connectivity index (χ2n) is 6.47. The first-order valence-electron chi connectivity index (χ1n) is 7.34. The van der Waals surface area contributed by atoms with Crippen LogP contribution in [0.5, 0.6) is 0 Å². The van der Waals surface area contributed by atoms with Crippen LogP contribution in [0.15, 0.2) is 24.3 Å². The maximum absolute atomic E-state index is 6.33. The van der Waals surface area contributed by atoms with Gasteiger partial charge >= 0.3 is 0 Å². The third kappa shape index (κ3) is 4.32. The highest BCUT2D eigenvalue weighted by Crippen LogP contribution is 2.22. The lowest BCUT2D eigenvalue weighted by molar-refractivity contribution is 0.142. The summed E-state index contributed by atoms with van der Waals surface area (Å²) in [6, 6.07) is 8.83. The zero-order chi connectivity index (χ0) is 14.6. The zero-order valence-corrected chi connectivity index (χ0v) is 13.4. The van der Waals surface area contributed by atoms with E-state index in [0.29, 0.717) is 5.92 Å². The summed E-state index contributed by atoms with van der Waals surface area (Å²) in [5.41, 5.74) is 9.13. The minimum absolute atomic E-state index is 0.0806. The van der Waals surface area contributed by atoms with Crippen molar-refractivity contribution in [1.29, 1.82) is 0 Å². The number of rotatable bonds is 6. The molecule has 2 nitrogen and oxygen atoms in total. The number of nitrogens with two attached hydrogens (primary N) is 1. The molecule has 1 aromatic rings. The normalized spacial score (nSPS) is 14.2. The van der Waals surface area contributed by atoms with Gasteiger partial charge in [-0.15, -0.1) is 0 Å². The van der Waals surface area contributed by atoms with Crippen molar-refractivity contribution in [2.24, 2.45) is 5.73 Å². The van der Waals surface area contributed by atoms with Crippen LogP contribution in [0.1, 0.15) is 64.1 Å². The van der Waals surface area contributed by atoms with Crippen molar-refractivity contribution in [3.8, 4) is 0 Å². The Bertz CT molecular complexity index is 379. The van der Waals surface area contributed by atoms with Crippen LogP contribution >= 0.6 is 0 Å². The van der Waals surface area contributed by atoms with Crippen LogP contribution in [0.4, 0.5) is 0 Å². The second kappa shape index (κ2) is 6.53. The quantitative estimate of drug-likeness (QED) is 0.841. The van der Waals surface area contributed by atoms with E-state index in [1.54, 1.807) is 0 Å². The van der Waals surface area contributed by atoms with E-state index in [1.807, 2.05) is 0 Å². The van der Waals surface area contributed by atoms with E-state index >= 15 is 0 Å². The number of likely N-dealkylation sites (N-methyl/N-ethyl adjacent to an activating group) is 1. The van der Waals surface area contributed by atoms with Gasteiger partial charge in [-0.2, -0.15) is 0 Å². The van der Waals surface area contributed by atoms with E-state index in [9.17, 15) is 0 Å². The Morgan fingerprint density at radius 2 is 1.58 bits per heavy atom. The standard InChI is InChI=1S/C17H30N2/c1-7-17(4,5)19(6)12-16(18)15-10-8-14(9-11-15)13(2)3/h8-11,13,16H,7,12,18H2,1-6H3. The van der Waals surface area contributed by atoms with Crippen molar-refractivity contribution >= 4 is 0 Å². The molecule has 0 aliphatic rings. The molecule has 0 saturated carbocycles.